The van der Waals surface area contributed by atoms with Gasteiger partial charge >= 0.3 is 0 Å². The summed E-state index contributed by atoms with van der Waals surface area (Å²) in [5, 5.41) is 8.54. The SMILES string of the molecule is c1ccc(-c2nc(-c3ccccc3)nc(-c3cc(-n4c5ccccc5c5ccc6c7ccccc7oc6c54)cnc3-n3c4ccccc4c4ccc5c6ccccc6oc5c43)n2)cc1. The van der Waals surface area contributed by atoms with Crippen molar-refractivity contribution in [3.63, 3.8) is 0 Å². The Morgan fingerprint density at radius 1 is 0.359 bits per heavy atom. The lowest BCUT2D eigenvalue weighted by Gasteiger charge is -2.16. The lowest BCUT2D eigenvalue weighted by molar-refractivity contribution is 0.670. The van der Waals surface area contributed by atoms with E-state index >= 15 is 0 Å². The van der Waals surface area contributed by atoms with Gasteiger partial charge in [-0.1, -0.05) is 146 Å². The maximum Gasteiger partial charge on any atom is 0.167 e. The van der Waals surface area contributed by atoms with Crippen molar-refractivity contribution in [2.24, 2.45) is 0 Å². The van der Waals surface area contributed by atoms with Crippen LogP contribution in [-0.4, -0.2) is 29.1 Å². The van der Waals surface area contributed by atoms with E-state index in [1.54, 1.807) is 0 Å². The number of rotatable bonds is 5. The second-order valence-electron chi connectivity index (χ2n) is 16.2. The molecule has 6 heterocycles. The number of para-hydroxylation sites is 4. The summed E-state index contributed by atoms with van der Waals surface area (Å²) in [5.41, 5.74) is 10.4. The minimum absolute atomic E-state index is 0.481. The van der Waals surface area contributed by atoms with Crippen LogP contribution in [0.3, 0.4) is 0 Å². The van der Waals surface area contributed by atoms with Crippen molar-refractivity contribution in [3.8, 4) is 45.7 Å². The standard InChI is InChI=1S/C56H32N6O2/c1-3-15-33(16-4-1)53-58-54(34-17-5-2-6-18-34)60-55(59-53)44-31-35(61-45-23-11-7-19-36(45)40-27-29-42-38-21-9-13-25-47(38)63-51(42)49(40)61)32-57-56(44)62-46-24-12-8-20-37(46)41-28-30-43-39-22-10-14-26-48(39)64-52(43)50(41)62/h1-32H. The van der Waals surface area contributed by atoms with Crippen LogP contribution in [0, 0.1) is 0 Å². The number of nitrogens with zero attached hydrogens (tertiary/aromatic N) is 6. The van der Waals surface area contributed by atoms with Gasteiger partial charge in [0, 0.05) is 54.2 Å². The van der Waals surface area contributed by atoms with E-state index in [2.05, 4.69) is 112 Å². The smallest absolute Gasteiger partial charge is 0.167 e. The van der Waals surface area contributed by atoms with E-state index < -0.39 is 0 Å². The Morgan fingerprint density at radius 2 is 0.797 bits per heavy atom. The molecule has 0 fully saturated rings. The molecule has 0 radical (unpaired) electrons. The number of hydrogen-bond donors (Lipinski definition) is 0. The highest BCUT2D eigenvalue weighted by Crippen LogP contribution is 2.44. The number of pyridine rings is 1. The van der Waals surface area contributed by atoms with Crippen molar-refractivity contribution in [1.29, 1.82) is 0 Å². The fourth-order valence-electron chi connectivity index (χ4n) is 9.79. The maximum atomic E-state index is 6.80. The fourth-order valence-corrected chi connectivity index (χ4v) is 9.79. The molecular weight excluding hydrogens is 789 g/mol. The first-order chi connectivity index (χ1) is 31.7. The molecule has 0 aliphatic rings. The van der Waals surface area contributed by atoms with Gasteiger partial charge in [0.05, 0.1) is 39.5 Å². The molecule has 8 heteroatoms. The van der Waals surface area contributed by atoms with Crippen LogP contribution in [0.25, 0.3) is 133 Å². The molecule has 8 aromatic carbocycles. The third kappa shape index (κ3) is 4.99. The Bertz CT molecular complexity index is 4140. The van der Waals surface area contributed by atoms with Crippen LogP contribution in [0.1, 0.15) is 0 Å². The molecule has 0 N–H and O–H groups in total. The first kappa shape index (κ1) is 34.8. The molecule has 0 aliphatic heterocycles. The minimum atomic E-state index is 0.481. The monoisotopic (exact) mass is 820 g/mol. The zero-order chi connectivity index (χ0) is 41.9. The van der Waals surface area contributed by atoms with Crippen molar-refractivity contribution >= 4 is 87.5 Å². The van der Waals surface area contributed by atoms with Crippen LogP contribution >= 0.6 is 0 Å². The third-order valence-electron chi connectivity index (χ3n) is 12.6. The Morgan fingerprint density at radius 3 is 1.36 bits per heavy atom. The van der Waals surface area contributed by atoms with Crippen LogP contribution < -0.4 is 0 Å². The lowest BCUT2D eigenvalue weighted by atomic mass is 10.1. The molecule has 14 rings (SSSR count). The maximum absolute atomic E-state index is 6.80. The molecule has 0 spiro atoms. The van der Waals surface area contributed by atoms with Gasteiger partial charge in [0.25, 0.3) is 0 Å². The summed E-state index contributed by atoms with van der Waals surface area (Å²) in [6, 6.07) is 64.5. The molecule has 298 valence electrons. The van der Waals surface area contributed by atoms with E-state index in [-0.39, 0.29) is 0 Å². The van der Waals surface area contributed by atoms with Crippen molar-refractivity contribution in [2.75, 3.05) is 0 Å². The molecule has 14 aromatic rings. The molecule has 0 bridgehead atoms. The van der Waals surface area contributed by atoms with Gasteiger partial charge in [-0.25, -0.2) is 19.9 Å². The van der Waals surface area contributed by atoms with Crippen LogP contribution in [0.4, 0.5) is 0 Å². The Balaban J connectivity index is 1.14. The summed E-state index contributed by atoms with van der Waals surface area (Å²) in [5.74, 6) is 2.25. The molecule has 6 aromatic heterocycles. The zero-order valence-corrected chi connectivity index (χ0v) is 34.0. The van der Waals surface area contributed by atoms with Gasteiger partial charge in [-0.05, 0) is 42.5 Å². The van der Waals surface area contributed by atoms with E-state index in [0.717, 1.165) is 104 Å². The van der Waals surface area contributed by atoms with E-state index in [1.165, 1.54) is 0 Å². The predicted octanol–water partition coefficient (Wildman–Crippen LogP) is 14.3. The average molecular weight is 821 g/mol. The molecule has 0 saturated heterocycles. The lowest BCUT2D eigenvalue weighted by Crippen LogP contribution is -2.07. The quantitative estimate of drug-likeness (QED) is 0.172. The normalized spacial score (nSPS) is 12.1. The summed E-state index contributed by atoms with van der Waals surface area (Å²) in [4.78, 5) is 21.3. The van der Waals surface area contributed by atoms with Crippen molar-refractivity contribution in [3.05, 3.63) is 194 Å². The molecule has 0 amide bonds. The second-order valence-corrected chi connectivity index (χ2v) is 16.2. The topological polar surface area (TPSA) is 87.7 Å². The number of aromatic nitrogens is 6. The third-order valence-corrected chi connectivity index (χ3v) is 12.6. The Labute approximate surface area is 363 Å². The summed E-state index contributed by atoms with van der Waals surface area (Å²) in [7, 11) is 0. The van der Waals surface area contributed by atoms with Gasteiger partial charge < -0.3 is 13.4 Å². The van der Waals surface area contributed by atoms with Crippen LogP contribution in [0.5, 0.6) is 0 Å². The molecule has 8 nitrogen and oxygen atoms in total. The summed E-state index contributed by atoms with van der Waals surface area (Å²) >= 11 is 0. The highest BCUT2D eigenvalue weighted by molar-refractivity contribution is 6.23. The van der Waals surface area contributed by atoms with Crippen LogP contribution in [0.15, 0.2) is 203 Å². The first-order valence-corrected chi connectivity index (χ1v) is 21.3. The highest BCUT2D eigenvalue weighted by atomic mass is 16.3. The number of hydrogen-bond acceptors (Lipinski definition) is 6. The minimum Gasteiger partial charge on any atom is -0.454 e. The van der Waals surface area contributed by atoms with Gasteiger partial charge in [0.15, 0.2) is 28.6 Å². The average Bonchev–Trinajstić information content (AvgIpc) is 4.12. The fraction of sp³-hybridized carbons (Fsp3) is 0. The number of furan rings is 2. The molecule has 0 unspecified atom stereocenters. The Kier molecular flexibility index (Phi) is 7.23. The largest absolute Gasteiger partial charge is 0.454 e. The number of fused-ring (bicyclic) bond motifs is 14. The molecule has 0 saturated carbocycles. The predicted molar refractivity (Wildman–Crippen MR) is 257 cm³/mol. The van der Waals surface area contributed by atoms with E-state index in [9.17, 15) is 0 Å². The molecular formula is C56H32N6O2. The van der Waals surface area contributed by atoms with E-state index in [0.29, 0.717) is 28.9 Å². The molecule has 0 atom stereocenters. The van der Waals surface area contributed by atoms with Gasteiger partial charge in [-0.2, -0.15) is 0 Å². The summed E-state index contributed by atoms with van der Waals surface area (Å²) < 4.78 is 18.1. The summed E-state index contributed by atoms with van der Waals surface area (Å²) in [6.07, 6.45) is 1.96. The van der Waals surface area contributed by atoms with E-state index in [1.807, 2.05) is 91.1 Å². The van der Waals surface area contributed by atoms with Crippen LogP contribution in [-0.2, 0) is 0 Å². The zero-order valence-electron chi connectivity index (χ0n) is 34.0. The first-order valence-electron chi connectivity index (χ1n) is 21.3. The number of benzene rings is 8. The van der Waals surface area contributed by atoms with Gasteiger partial charge in [0.2, 0.25) is 0 Å². The van der Waals surface area contributed by atoms with Crippen molar-refractivity contribution < 1.29 is 8.83 Å². The van der Waals surface area contributed by atoms with E-state index in [4.69, 9.17) is 28.8 Å². The molecule has 64 heavy (non-hydrogen) atoms. The summed E-state index contributed by atoms with van der Waals surface area (Å²) in [6.45, 7) is 0. The van der Waals surface area contributed by atoms with Crippen LogP contribution in [0.2, 0.25) is 0 Å². The second kappa shape index (κ2) is 13.3. The Hall–Kier alpha value is -8.88. The highest BCUT2D eigenvalue weighted by Gasteiger charge is 2.26. The van der Waals surface area contributed by atoms with Gasteiger partial charge in [0.1, 0.15) is 17.0 Å². The van der Waals surface area contributed by atoms with Crippen molar-refractivity contribution in [1.82, 2.24) is 29.1 Å². The van der Waals surface area contributed by atoms with Crippen molar-refractivity contribution in [2.45, 2.75) is 0 Å². The molecule has 0 aliphatic carbocycles. The van der Waals surface area contributed by atoms with Gasteiger partial charge in [-0.15, -0.1) is 0 Å². The van der Waals surface area contributed by atoms with Gasteiger partial charge in [-0.3, -0.25) is 4.57 Å².